The van der Waals surface area contributed by atoms with Gasteiger partial charge in [0, 0.05) is 13.0 Å². The van der Waals surface area contributed by atoms with Crippen molar-refractivity contribution >= 4 is 40.2 Å². The summed E-state index contributed by atoms with van der Waals surface area (Å²) in [6.45, 7) is 1.40. The lowest BCUT2D eigenvalue weighted by molar-refractivity contribution is -0.117. The summed E-state index contributed by atoms with van der Waals surface area (Å²) < 4.78 is 0.685. The highest BCUT2D eigenvalue weighted by molar-refractivity contribution is 7.15. The Hall–Kier alpha value is -1.59. The van der Waals surface area contributed by atoms with Crippen LogP contribution in [0.25, 0.3) is 0 Å². The number of nitrogens with zero attached hydrogens (tertiary/aromatic N) is 2. The zero-order valence-corrected chi connectivity index (χ0v) is 12.4. The van der Waals surface area contributed by atoms with Gasteiger partial charge in [0.25, 0.3) is 0 Å². The van der Waals surface area contributed by atoms with Gasteiger partial charge in [-0.15, -0.1) is 11.3 Å². The number of anilines is 2. The first-order valence-corrected chi connectivity index (χ1v) is 7.67. The molecule has 6 heteroatoms. The standard InChI is InChI=1S/C14H14ClN3OS/c15-12-8-17-13(20-12)9-16-10-4-1-2-5-11(10)18-7-3-6-14(18)19/h1-2,4-5,8,16H,3,6-7,9H2. The number of rotatable bonds is 4. The molecule has 104 valence electrons. The van der Waals surface area contributed by atoms with Crippen LogP contribution in [0.5, 0.6) is 0 Å². The molecule has 2 heterocycles. The van der Waals surface area contributed by atoms with E-state index in [1.807, 2.05) is 29.2 Å². The van der Waals surface area contributed by atoms with Crippen LogP contribution in [0.3, 0.4) is 0 Å². The molecule has 4 nitrogen and oxygen atoms in total. The number of thiazole rings is 1. The Morgan fingerprint density at radius 2 is 2.25 bits per heavy atom. The highest BCUT2D eigenvalue weighted by Gasteiger charge is 2.23. The Morgan fingerprint density at radius 1 is 1.40 bits per heavy atom. The molecule has 0 aliphatic carbocycles. The average Bonchev–Trinajstić information content (AvgIpc) is 3.05. The van der Waals surface area contributed by atoms with Gasteiger partial charge >= 0.3 is 0 Å². The summed E-state index contributed by atoms with van der Waals surface area (Å²) in [7, 11) is 0. The zero-order valence-electron chi connectivity index (χ0n) is 10.8. The number of amides is 1. The first-order valence-electron chi connectivity index (χ1n) is 6.47. The molecule has 0 radical (unpaired) electrons. The molecule has 1 N–H and O–H groups in total. The summed E-state index contributed by atoms with van der Waals surface area (Å²) in [5.41, 5.74) is 1.90. The number of carbonyl (C=O) groups excluding carboxylic acids is 1. The van der Waals surface area contributed by atoms with Crippen LogP contribution in [0.15, 0.2) is 30.5 Å². The average molecular weight is 308 g/mol. The first kappa shape index (κ1) is 13.4. The van der Waals surface area contributed by atoms with Gasteiger partial charge in [-0.1, -0.05) is 23.7 Å². The molecule has 1 fully saturated rings. The smallest absolute Gasteiger partial charge is 0.227 e. The Labute approximate surface area is 126 Å². The fourth-order valence-electron chi connectivity index (χ4n) is 2.30. The first-order chi connectivity index (χ1) is 9.74. The maximum atomic E-state index is 11.9. The third-order valence-electron chi connectivity index (χ3n) is 3.22. The molecule has 0 saturated carbocycles. The van der Waals surface area contributed by atoms with Crippen LogP contribution in [0.2, 0.25) is 4.34 Å². The molecule has 0 atom stereocenters. The minimum Gasteiger partial charge on any atom is -0.377 e. The summed E-state index contributed by atoms with van der Waals surface area (Å²) in [5.74, 6) is 0.191. The number of carbonyl (C=O) groups is 1. The topological polar surface area (TPSA) is 45.2 Å². The predicted molar refractivity (Wildman–Crippen MR) is 82.5 cm³/mol. The number of hydrogen-bond acceptors (Lipinski definition) is 4. The Bertz CT molecular complexity index is 628. The quantitative estimate of drug-likeness (QED) is 0.939. The van der Waals surface area contributed by atoms with Crippen molar-refractivity contribution in [3.63, 3.8) is 0 Å². The van der Waals surface area contributed by atoms with Crippen molar-refractivity contribution in [2.24, 2.45) is 0 Å². The van der Waals surface area contributed by atoms with E-state index in [1.54, 1.807) is 6.20 Å². The Morgan fingerprint density at radius 3 is 2.95 bits per heavy atom. The van der Waals surface area contributed by atoms with E-state index < -0.39 is 0 Å². The van der Waals surface area contributed by atoms with Gasteiger partial charge < -0.3 is 10.2 Å². The minimum atomic E-state index is 0.191. The number of hydrogen-bond donors (Lipinski definition) is 1. The van der Waals surface area contributed by atoms with Crippen molar-refractivity contribution < 1.29 is 4.79 Å². The molecular formula is C14H14ClN3OS. The molecule has 0 bridgehead atoms. The maximum Gasteiger partial charge on any atom is 0.227 e. The second-order valence-corrected chi connectivity index (χ2v) is 6.32. The Balaban J connectivity index is 1.77. The van der Waals surface area contributed by atoms with Crippen LogP contribution in [0.1, 0.15) is 17.8 Å². The van der Waals surface area contributed by atoms with E-state index in [9.17, 15) is 4.79 Å². The highest BCUT2D eigenvalue weighted by Crippen LogP contribution is 2.30. The summed E-state index contributed by atoms with van der Waals surface area (Å²) in [5, 5.41) is 4.26. The number of halogens is 1. The molecule has 1 aliphatic heterocycles. The molecule has 1 amide bonds. The van der Waals surface area contributed by atoms with Gasteiger partial charge in [-0.25, -0.2) is 4.98 Å². The number of nitrogens with one attached hydrogen (secondary N) is 1. The second-order valence-electron chi connectivity index (χ2n) is 4.58. The van der Waals surface area contributed by atoms with Crippen molar-refractivity contribution in [1.82, 2.24) is 4.98 Å². The highest BCUT2D eigenvalue weighted by atomic mass is 35.5. The molecule has 1 saturated heterocycles. The molecule has 0 spiro atoms. The van der Waals surface area contributed by atoms with Gasteiger partial charge in [-0.2, -0.15) is 0 Å². The van der Waals surface area contributed by atoms with Crippen molar-refractivity contribution in [1.29, 1.82) is 0 Å². The van der Waals surface area contributed by atoms with E-state index in [-0.39, 0.29) is 5.91 Å². The normalized spacial score (nSPS) is 14.8. The third kappa shape index (κ3) is 2.78. The molecule has 3 rings (SSSR count). The van der Waals surface area contributed by atoms with Crippen molar-refractivity contribution in [2.45, 2.75) is 19.4 Å². The van der Waals surface area contributed by atoms with E-state index in [0.717, 1.165) is 29.3 Å². The molecule has 0 unspecified atom stereocenters. The minimum absolute atomic E-state index is 0.191. The molecule has 1 aromatic heterocycles. The van der Waals surface area contributed by atoms with Gasteiger partial charge in [0.05, 0.1) is 24.1 Å². The van der Waals surface area contributed by atoms with Crippen LogP contribution in [-0.4, -0.2) is 17.4 Å². The summed E-state index contributed by atoms with van der Waals surface area (Å²) in [6, 6.07) is 7.87. The van der Waals surface area contributed by atoms with E-state index in [4.69, 9.17) is 11.6 Å². The lowest BCUT2D eigenvalue weighted by Crippen LogP contribution is -2.24. The SMILES string of the molecule is O=C1CCCN1c1ccccc1NCc1ncc(Cl)s1. The second kappa shape index (κ2) is 5.81. The van der Waals surface area contributed by atoms with Crippen LogP contribution < -0.4 is 10.2 Å². The van der Waals surface area contributed by atoms with Crippen LogP contribution in [0.4, 0.5) is 11.4 Å². The monoisotopic (exact) mass is 307 g/mol. The fraction of sp³-hybridized carbons (Fsp3) is 0.286. The molecule has 2 aromatic rings. The van der Waals surface area contributed by atoms with Gasteiger partial charge in [0.2, 0.25) is 5.91 Å². The van der Waals surface area contributed by atoms with Crippen LogP contribution in [-0.2, 0) is 11.3 Å². The van der Waals surface area contributed by atoms with E-state index in [1.165, 1.54) is 11.3 Å². The number of benzene rings is 1. The maximum absolute atomic E-state index is 11.9. The van der Waals surface area contributed by atoms with Crippen molar-refractivity contribution in [3.8, 4) is 0 Å². The number of para-hydroxylation sites is 2. The lowest BCUT2D eigenvalue weighted by atomic mass is 10.2. The fourth-order valence-corrected chi connectivity index (χ4v) is 3.20. The third-order valence-corrected chi connectivity index (χ3v) is 4.34. The van der Waals surface area contributed by atoms with E-state index in [2.05, 4.69) is 10.3 Å². The van der Waals surface area contributed by atoms with Crippen molar-refractivity contribution in [3.05, 3.63) is 39.8 Å². The molecule has 20 heavy (non-hydrogen) atoms. The largest absolute Gasteiger partial charge is 0.377 e. The summed E-state index contributed by atoms with van der Waals surface area (Å²) >= 11 is 7.33. The summed E-state index contributed by atoms with van der Waals surface area (Å²) in [6.07, 6.45) is 3.21. The van der Waals surface area contributed by atoms with Gasteiger partial charge in [0.15, 0.2) is 0 Å². The predicted octanol–water partition coefficient (Wildman–Crippen LogP) is 3.54. The zero-order chi connectivity index (χ0) is 13.9. The lowest BCUT2D eigenvalue weighted by Gasteiger charge is -2.20. The van der Waals surface area contributed by atoms with Crippen LogP contribution >= 0.6 is 22.9 Å². The van der Waals surface area contributed by atoms with Gasteiger partial charge in [-0.05, 0) is 18.6 Å². The molecular weight excluding hydrogens is 294 g/mol. The summed E-state index contributed by atoms with van der Waals surface area (Å²) in [4.78, 5) is 17.9. The van der Waals surface area contributed by atoms with Gasteiger partial charge in [-0.3, -0.25) is 4.79 Å². The Kier molecular flexibility index (Phi) is 3.89. The van der Waals surface area contributed by atoms with Crippen molar-refractivity contribution in [2.75, 3.05) is 16.8 Å². The van der Waals surface area contributed by atoms with E-state index in [0.29, 0.717) is 17.3 Å². The number of aromatic nitrogens is 1. The van der Waals surface area contributed by atoms with Crippen LogP contribution in [0, 0.1) is 0 Å². The molecule has 1 aromatic carbocycles. The van der Waals surface area contributed by atoms with E-state index >= 15 is 0 Å². The van der Waals surface area contributed by atoms with Gasteiger partial charge in [0.1, 0.15) is 9.34 Å². The molecule has 1 aliphatic rings.